The zero-order valence-electron chi connectivity index (χ0n) is 11.8. The van der Waals surface area contributed by atoms with Crippen LogP contribution in [0.15, 0.2) is 16.8 Å². The molecule has 2 saturated heterocycles. The molecule has 2 atom stereocenters. The fourth-order valence-corrected chi connectivity index (χ4v) is 4.68. The third-order valence-electron chi connectivity index (χ3n) is 5.18. The molecule has 19 heavy (non-hydrogen) atoms. The van der Waals surface area contributed by atoms with Crippen molar-refractivity contribution < 1.29 is 0 Å². The van der Waals surface area contributed by atoms with Crippen LogP contribution in [0.25, 0.3) is 0 Å². The van der Waals surface area contributed by atoms with Gasteiger partial charge in [-0.2, -0.15) is 11.3 Å². The summed E-state index contributed by atoms with van der Waals surface area (Å²) in [6.45, 7) is 4.33. The van der Waals surface area contributed by atoms with E-state index in [0.29, 0.717) is 6.04 Å². The van der Waals surface area contributed by atoms with Crippen LogP contribution in [-0.2, 0) is 6.54 Å². The standard InChI is InChI=1S/C15H25N3S/c1-17(10-13-5-9-19-11-13)15(12-16)6-8-18-7-3-2-4-14(15)18/h5,9,11,14H,2-4,6-8,10,12,16H2,1H3. The third kappa shape index (κ3) is 2.35. The Kier molecular flexibility index (Phi) is 3.94. The smallest absolute Gasteiger partial charge is 0.0499 e. The summed E-state index contributed by atoms with van der Waals surface area (Å²) in [5, 5.41) is 4.42. The maximum absolute atomic E-state index is 6.24. The van der Waals surface area contributed by atoms with Crippen LogP contribution >= 0.6 is 11.3 Å². The van der Waals surface area contributed by atoms with Crippen molar-refractivity contribution in [2.45, 2.75) is 43.8 Å². The van der Waals surface area contributed by atoms with E-state index < -0.39 is 0 Å². The molecule has 0 aliphatic carbocycles. The largest absolute Gasteiger partial charge is 0.329 e. The highest BCUT2D eigenvalue weighted by molar-refractivity contribution is 7.07. The number of hydrogen-bond donors (Lipinski definition) is 1. The summed E-state index contributed by atoms with van der Waals surface area (Å²) >= 11 is 1.79. The Labute approximate surface area is 120 Å². The first-order chi connectivity index (χ1) is 9.26. The SMILES string of the molecule is CN(Cc1ccsc1)C1(CN)CCN2CCCCC21. The van der Waals surface area contributed by atoms with Crippen molar-refractivity contribution in [2.24, 2.45) is 5.73 Å². The summed E-state index contributed by atoms with van der Waals surface area (Å²) in [4.78, 5) is 5.21. The van der Waals surface area contributed by atoms with Crippen LogP contribution in [0.4, 0.5) is 0 Å². The second kappa shape index (κ2) is 5.52. The number of nitrogens with zero attached hydrogens (tertiary/aromatic N) is 2. The highest BCUT2D eigenvalue weighted by Gasteiger charge is 2.49. The first-order valence-electron chi connectivity index (χ1n) is 7.43. The van der Waals surface area contributed by atoms with Gasteiger partial charge in [-0.1, -0.05) is 6.42 Å². The number of thiophene rings is 1. The third-order valence-corrected chi connectivity index (χ3v) is 5.91. The zero-order chi connectivity index (χ0) is 13.3. The quantitative estimate of drug-likeness (QED) is 0.916. The van der Waals surface area contributed by atoms with Gasteiger partial charge in [-0.15, -0.1) is 0 Å². The van der Waals surface area contributed by atoms with E-state index in [1.165, 1.54) is 44.3 Å². The highest BCUT2D eigenvalue weighted by atomic mass is 32.1. The Morgan fingerprint density at radius 2 is 2.37 bits per heavy atom. The Morgan fingerprint density at radius 3 is 3.11 bits per heavy atom. The van der Waals surface area contributed by atoms with E-state index in [1.54, 1.807) is 11.3 Å². The lowest BCUT2D eigenvalue weighted by Gasteiger charge is -2.46. The van der Waals surface area contributed by atoms with Gasteiger partial charge in [0.05, 0.1) is 0 Å². The summed E-state index contributed by atoms with van der Waals surface area (Å²) in [7, 11) is 2.27. The van der Waals surface area contributed by atoms with E-state index in [-0.39, 0.29) is 5.54 Å². The van der Waals surface area contributed by atoms with Crippen molar-refractivity contribution in [2.75, 3.05) is 26.7 Å². The molecule has 3 heterocycles. The molecular formula is C15H25N3S. The maximum Gasteiger partial charge on any atom is 0.0499 e. The molecule has 2 aliphatic heterocycles. The van der Waals surface area contributed by atoms with Crippen molar-refractivity contribution in [3.05, 3.63) is 22.4 Å². The first kappa shape index (κ1) is 13.6. The lowest BCUT2D eigenvalue weighted by Crippen LogP contribution is -2.60. The average Bonchev–Trinajstić information content (AvgIpc) is 3.06. The Morgan fingerprint density at radius 1 is 1.47 bits per heavy atom. The average molecular weight is 279 g/mol. The topological polar surface area (TPSA) is 32.5 Å². The summed E-state index contributed by atoms with van der Waals surface area (Å²) in [6.07, 6.45) is 5.29. The van der Waals surface area contributed by atoms with Crippen LogP contribution in [0.3, 0.4) is 0 Å². The minimum Gasteiger partial charge on any atom is -0.329 e. The predicted octanol–water partition coefficient (Wildman–Crippen LogP) is 2.14. The van der Waals surface area contributed by atoms with Crippen LogP contribution in [0.5, 0.6) is 0 Å². The van der Waals surface area contributed by atoms with Crippen molar-refractivity contribution in [3.8, 4) is 0 Å². The number of piperidine rings is 1. The normalized spacial score (nSPS) is 31.8. The van der Waals surface area contributed by atoms with E-state index >= 15 is 0 Å². The summed E-state index contributed by atoms with van der Waals surface area (Å²) in [5.74, 6) is 0. The molecule has 2 unspecified atom stereocenters. The molecule has 1 aromatic heterocycles. The fourth-order valence-electron chi connectivity index (χ4n) is 4.02. The molecule has 0 saturated carbocycles. The molecule has 3 nitrogen and oxygen atoms in total. The number of likely N-dealkylation sites (N-methyl/N-ethyl adjacent to an activating group) is 1. The second-order valence-electron chi connectivity index (χ2n) is 6.09. The van der Waals surface area contributed by atoms with Crippen molar-refractivity contribution in [3.63, 3.8) is 0 Å². The van der Waals surface area contributed by atoms with E-state index in [9.17, 15) is 0 Å². The Balaban J connectivity index is 1.78. The molecule has 3 rings (SSSR count). The number of rotatable bonds is 4. The fraction of sp³-hybridized carbons (Fsp3) is 0.733. The highest BCUT2D eigenvalue weighted by Crippen LogP contribution is 2.38. The van der Waals surface area contributed by atoms with Crippen molar-refractivity contribution >= 4 is 11.3 Å². The van der Waals surface area contributed by atoms with Gasteiger partial charge in [0, 0.05) is 31.2 Å². The van der Waals surface area contributed by atoms with Gasteiger partial charge < -0.3 is 5.73 Å². The van der Waals surface area contributed by atoms with Crippen molar-refractivity contribution in [1.29, 1.82) is 0 Å². The van der Waals surface area contributed by atoms with Gasteiger partial charge in [0.15, 0.2) is 0 Å². The first-order valence-corrected chi connectivity index (χ1v) is 8.37. The lowest BCUT2D eigenvalue weighted by atomic mass is 9.84. The molecule has 0 spiro atoms. The molecular weight excluding hydrogens is 254 g/mol. The van der Waals surface area contributed by atoms with Crippen molar-refractivity contribution in [1.82, 2.24) is 9.80 Å². The van der Waals surface area contributed by atoms with Crippen LogP contribution in [-0.4, -0.2) is 48.1 Å². The molecule has 2 fully saturated rings. The molecule has 0 aromatic carbocycles. The van der Waals surface area contributed by atoms with Gasteiger partial charge in [-0.25, -0.2) is 0 Å². The Bertz CT molecular complexity index is 406. The van der Waals surface area contributed by atoms with Gasteiger partial charge >= 0.3 is 0 Å². The van der Waals surface area contributed by atoms with Crippen LogP contribution < -0.4 is 5.73 Å². The Hall–Kier alpha value is -0.420. The van der Waals surface area contributed by atoms with Crippen LogP contribution in [0.2, 0.25) is 0 Å². The summed E-state index contributed by atoms with van der Waals surface area (Å²) in [6, 6.07) is 2.91. The number of fused-ring (bicyclic) bond motifs is 1. The maximum atomic E-state index is 6.24. The lowest BCUT2D eigenvalue weighted by molar-refractivity contribution is 0.0512. The summed E-state index contributed by atoms with van der Waals surface area (Å²) < 4.78 is 0. The van der Waals surface area contributed by atoms with Crippen LogP contribution in [0.1, 0.15) is 31.2 Å². The van der Waals surface area contributed by atoms with E-state index in [0.717, 1.165) is 13.1 Å². The molecule has 106 valence electrons. The minimum absolute atomic E-state index is 0.197. The van der Waals surface area contributed by atoms with Gasteiger partial charge in [-0.3, -0.25) is 9.80 Å². The molecule has 1 aromatic rings. The van der Waals surface area contributed by atoms with E-state index in [2.05, 4.69) is 33.7 Å². The molecule has 4 heteroatoms. The summed E-state index contributed by atoms with van der Waals surface area (Å²) in [5.41, 5.74) is 7.86. The van der Waals surface area contributed by atoms with Crippen LogP contribution in [0, 0.1) is 0 Å². The molecule has 2 N–H and O–H groups in total. The monoisotopic (exact) mass is 279 g/mol. The van der Waals surface area contributed by atoms with Gasteiger partial charge in [0.1, 0.15) is 0 Å². The zero-order valence-corrected chi connectivity index (χ0v) is 12.7. The van der Waals surface area contributed by atoms with E-state index in [1.807, 2.05) is 0 Å². The molecule has 0 bridgehead atoms. The molecule has 0 amide bonds. The number of nitrogens with two attached hydrogens (primary N) is 1. The minimum atomic E-state index is 0.197. The van der Waals surface area contributed by atoms with Gasteiger partial charge in [-0.05, 0) is 55.2 Å². The predicted molar refractivity (Wildman–Crippen MR) is 81.4 cm³/mol. The van der Waals surface area contributed by atoms with Gasteiger partial charge in [0.25, 0.3) is 0 Å². The molecule has 0 radical (unpaired) electrons. The molecule has 2 aliphatic rings. The second-order valence-corrected chi connectivity index (χ2v) is 6.87. The van der Waals surface area contributed by atoms with Gasteiger partial charge in [0.2, 0.25) is 0 Å². The van der Waals surface area contributed by atoms with E-state index in [4.69, 9.17) is 5.73 Å². The number of hydrogen-bond acceptors (Lipinski definition) is 4.